The molecular weight excluding hydrogens is 256 g/mol. The molecule has 0 aliphatic rings. The standard InChI is InChI=1S/C13H9F2NO3/c14-13(15)19-12-8(4-3-6-10(12)17)11(18)9-5-1-2-7-16-9/h1-7,13,17H. The first kappa shape index (κ1) is 12.9. The molecule has 0 saturated carbocycles. The average Bonchev–Trinajstić information content (AvgIpc) is 2.41. The van der Waals surface area contributed by atoms with Gasteiger partial charge in [0.2, 0.25) is 5.78 Å². The van der Waals surface area contributed by atoms with Gasteiger partial charge in [-0.3, -0.25) is 9.78 Å². The molecule has 19 heavy (non-hydrogen) atoms. The second-order valence-electron chi connectivity index (χ2n) is 3.58. The van der Waals surface area contributed by atoms with Gasteiger partial charge in [0.05, 0.1) is 5.56 Å². The van der Waals surface area contributed by atoms with Gasteiger partial charge in [0, 0.05) is 6.20 Å². The van der Waals surface area contributed by atoms with Crippen LogP contribution in [0.25, 0.3) is 0 Å². The van der Waals surface area contributed by atoms with E-state index in [2.05, 4.69) is 9.72 Å². The molecule has 2 aromatic rings. The van der Waals surface area contributed by atoms with E-state index in [1.807, 2.05) is 0 Å². The second kappa shape index (κ2) is 5.43. The van der Waals surface area contributed by atoms with E-state index in [1.54, 1.807) is 12.1 Å². The lowest BCUT2D eigenvalue weighted by Crippen LogP contribution is -2.10. The van der Waals surface area contributed by atoms with Crippen LogP contribution in [0, 0.1) is 0 Å². The Hall–Kier alpha value is -2.50. The lowest BCUT2D eigenvalue weighted by molar-refractivity contribution is -0.0515. The summed E-state index contributed by atoms with van der Waals surface area (Å²) in [5.74, 6) is -1.68. The zero-order valence-electron chi connectivity index (χ0n) is 9.59. The molecule has 6 heteroatoms. The van der Waals surface area contributed by atoms with Crippen LogP contribution >= 0.6 is 0 Å². The van der Waals surface area contributed by atoms with Gasteiger partial charge in [0.15, 0.2) is 11.5 Å². The summed E-state index contributed by atoms with van der Waals surface area (Å²) in [6, 6.07) is 8.47. The van der Waals surface area contributed by atoms with Crippen molar-refractivity contribution in [2.24, 2.45) is 0 Å². The fourth-order valence-electron chi connectivity index (χ4n) is 1.55. The van der Waals surface area contributed by atoms with Crippen molar-refractivity contribution in [1.29, 1.82) is 0 Å². The lowest BCUT2D eigenvalue weighted by Gasteiger charge is -2.11. The topological polar surface area (TPSA) is 59.4 Å². The number of aromatic hydroxyl groups is 1. The third kappa shape index (κ3) is 2.85. The van der Waals surface area contributed by atoms with Crippen LogP contribution in [0.4, 0.5) is 8.78 Å². The quantitative estimate of drug-likeness (QED) is 0.863. The normalized spacial score (nSPS) is 10.5. The molecule has 0 saturated heterocycles. The largest absolute Gasteiger partial charge is 0.504 e. The number of halogens is 2. The van der Waals surface area contributed by atoms with Crippen LogP contribution in [0.2, 0.25) is 0 Å². The molecule has 1 aromatic carbocycles. The number of hydrogen-bond donors (Lipinski definition) is 1. The van der Waals surface area contributed by atoms with Crippen LogP contribution in [-0.2, 0) is 0 Å². The zero-order valence-corrected chi connectivity index (χ0v) is 9.59. The molecule has 1 aromatic heterocycles. The van der Waals surface area contributed by atoms with Crippen molar-refractivity contribution in [3.05, 3.63) is 53.9 Å². The molecule has 0 amide bonds. The Morgan fingerprint density at radius 2 is 2.00 bits per heavy atom. The number of nitrogens with zero attached hydrogens (tertiary/aromatic N) is 1. The highest BCUT2D eigenvalue weighted by Crippen LogP contribution is 2.32. The van der Waals surface area contributed by atoms with Crippen LogP contribution < -0.4 is 4.74 Å². The SMILES string of the molecule is O=C(c1ccccn1)c1cccc(O)c1OC(F)F. The highest BCUT2D eigenvalue weighted by Gasteiger charge is 2.21. The highest BCUT2D eigenvalue weighted by molar-refractivity contribution is 6.09. The molecule has 0 aliphatic heterocycles. The number of ketones is 1. The number of pyridine rings is 1. The van der Waals surface area contributed by atoms with Crippen molar-refractivity contribution in [1.82, 2.24) is 4.98 Å². The number of aromatic nitrogens is 1. The second-order valence-corrected chi connectivity index (χ2v) is 3.58. The average molecular weight is 265 g/mol. The summed E-state index contributed by atoms with van der Waals surface area (Å²) in [5.41, 5.74) is -0.0915. The number of phenols is 1. The third-order valence-electron chi connectivity index (χ3n) is 2.34. The predicted octanol–water partition coefficient (Wildman–Crippen LogP) is 2.62. The van der Waals surface area contributed by atoms with E-state index in [9.17, 15) is 18.7 Å². The molecule has 0 radical (unpaired) electrons. The lowest BCUT2D eigenvalue weighted by atomic mass is 10.1. The van der Waals surface area contributed by atoms with Crippen molar-refractivity contribution in [2.45, 2.75) is 6.61 Å². The molecule has 0 fully saturated rings. The van der Waals surface area contributed by atoms with Crippen LogP contribution in [0.15, 0.2) is 42.6 Å². The first-order chi connectivity index (χ1) is 9.09. The number of benzene rings is 1. The molecule has 0 spiro atoms. The Morgan fingerprint density at radius 3 is 2.63 bits per heavy atom. The van der Waals surface area contributed by atoms with Gasteiger partial charge in [-0.15, -0.1) is 0 Å². The van der Waals surface area contributed by atoms with Crippen LogP contribution in [0.5, 0.6) is 11.5 Å². The molecule has 1 N–H and O–H groups in total. The number of ether oxygens (including phenoxy) is 1. The Kier molecular flexibility index (Phi) is 3.70. The molecule has 1 heterocycles. The van der Waals surface area contributed by atoms with Gasteiger partial charge in [-0.05, 0) is 24.3 Å². The number of rotatable bonds is 4. The van der Waals surface area contributed by atoms with E-state index in [4.69, 9.17) is 0 Å². The first-order valence-electron chi connectivity index (χ1n) is 5.32. The Morgan fingerprint density at radius 1 is 1.21 bits per heavy atom. The maximum Gasteiger partial charge on any atom is 0.387 e. The summed E-state index contributed by atoms with van der Waals surface area (Å²) < 4.78 is 28.8. The van der Waals surface area contributed by atoms with Gasteiger partial charge in [-0.2, -0.15) is 8.78 Å². The molecule has 0 atom stereocenters. The van der Waals surface area contributed by atoms with E-state index in [0.717, 1.165) is 6.07 Å². The number of alkyl halides is 2. The van der Waals surface area contributed by atoms with Crippen molar-refractivity contribution in [2.75, 3.05) is 0 Å². The van der Waals surface area contributed by atoms with Crippen LogP contribution in [0.3, 0.4) is 0 Å². The van der Waals surface area contributed by atoms with Gasteiger partial charge in [0.25, 0.3) is 0 Å². The predicted molar refractivity (Wildman–Crippen MR) is 62.4 cm³/mol. The first-order valence-corrected chi connectivity index (χ1v) is 5.32. The van der Waals surface area contributed by atoms with Gasteiger partial charge in [0.1, 0.15) is 5.69 Å². The number of phenolic OH excluding ortho intramolecular Hbond substituents is 1. The van der Waals surface area contributed by atoms with Gasteiger partial charge in [-0.25, -0.2) is 0 Å². The molecule has 98 valence electrons. The summed E-state index contributed by atoms with van der Waals surface area (Å²) in [4.78, 5) is 15.9. The summed E-state index contributed by atoms with van der Waals surface area (Å²) in [6.07, 6.45) is 1.41. The Bertz CT molecular complexity index is 588. The maximum atomic E-state index is 12.3. The van der Waals surface area contributed by atoms with Crippen molar-refractivity contribution in [3.8, 4) is 11.5 Å². The summed E-state index contributed by atoms with van der Waals surface area (Å²) in [6.45, 7) is -3.14. The van der Waals surface area contributed by atoms with E-state index < -0.39 is 23.9 Å². The highest BCUT2D eigenvalue weighted by atomic mass is 19.3. The van der Waals surface area contributed by atoms with E-state index in [0.29, 0.717) is 0 Å². The van der Waals surface area contributed by atoms with Crippen molar-refractivity contribution in [3.63, 3.8) is 0 Å². The van der Waals surface area contributed by atoms with E-state index >= 15 is 0 Å². The number of hydrogen-bond acceptors (Lipinski definition) is 4. The fourth-order valence-corrected chi connectivity index (χ4v) is 1.55. The minimum Gasteiger partial charge on any atom is -0.504 e. The summed E-state index contributed by atoms with van der Waals surface area (Å²) in [7, 11) is 0. The Labute approximate surface area is 107 Å². The molecular formula is C13H9F2NO3. The third-order valence-corrected chi connectivity index (χ3v) is 2.34. The van der Waals surface area contributed by atoms with Crippen molar-refractivity contribution >= 4 is 5.78 Å². The monoisotopic (exact) mass is 265 g/mol. The van der Waals surface area contributed by atoms with Gasteiger partial charge in [-0.1, -0.05) is 12.1 Å². The molecule has 2 rings (SSSR count). The van der Waals surface area contributed by atoms with Gasteiger partial charge < -0.3 is 9.84 Å². The van der Waals surface area contributed by atoms with E-state index in [1.165, 1.54) is 24.4 Å². The zero-order chi connectivity index (χ0) is 13.8. The minimum absolute atomic E-state index is 0.0761. The number of carbonyl (C=O) groups excluding carboxylic acids is 1. The molecule has 0 aliphatic carbocycles. The summed E-state index contributed by atoms with van der Waals surface area (Å²) in [5, 5.41) is 9.51. The smallest absolute Gasteiger partial charge is 0.387 e. The summed E-state index contributed by atoms with van der Waals surface area (Å²) >= 11 is 0. The van der Waals surface area contributed by atoms with Crippen LogP contribution in [0.1, 0.15) is 16.1 Å². The van der Waals surface area contributed by atoms with Gasteiger partial charge >= 0.3 is 6.61 Å². The number of para-hydroxylation sites is 1. The maximum absolute atomic E-state index is 12.3. The fraction of sp³-hybridized carbons (Fsp3) is 0.0769. The number of carbonyl (C=O) groups is 1. The minimum atomic E-state index is -3.14. The Balaban J connectivity index is 2.45. The van der Waals surface area contributed by atoms with Crippen LogP contribution in [-0.4, -0.2) is 22.5 Å². The molecule has 4 nitrogen and oxygen atoms in total. The van der Waals surface area contributed by atoms with Crippen molar-refractivity contribution < 1.29 is 23.4 Å². The van der Waals surface area contributed by atoms with E-state index in [-0.39, 0.29) is 11.3 Å². The molecule has 0 bridgehead atoms. The molecule has 0 unspecified atom stereocenters.